The highest BCUT2D eigenvalue weighted by Crippen LogP contribution is 2.30. The van der Waals surface area contributed by atoms with E-state index in [1.54, 1.807) is 30.3 Å². The Bertz CT molecular complexity index is 1520. The number of rotatable bonds is 9. The molecule has 1 saturated carbocycles. The predicted molar refractivity (Wildman–Crippen MR) is 156 cm³/mol. The third kappa shape index (κ3) is 6.47. The second-order valence-electron chi connectivity index (χ2n) is 10.5. The first-order valence-electron chi connectivity index (χ1n) is 13.8. The van der Waals surface area contributed by atoms with Gasteiger partial charge in [0.05, 0.1) is 5.56 Å². The van der Waals surface area contributed by atoms with Crippen molar-refractivity contribution >= 4 is 39.3 Å². The topological polar surface area (TPSA) is 104 Å². The Morgan fingerprint density at radius 3 is 2.24 bits per heavy atom. The van der Waals surface area contributed by atoms with Crippen molar-refractivity contribution in [1.29, 1.82) is 0 Å². The van der Waals surface area contributed by atoms with Crippen LogP contribution in [-0.2, 0) is 32.6 Å². The van der Waals surface area contributed by atoms with Gasteiger partial charge in [-0.1, -0.05) is 85.5 Å². The Kier molecular flexibility index (Phi) is 8.75. The summed E-state index contributed by atoms with van der Waals surface area (Å²) in [6.45, 7) is -0.688. The van der Waals surface area contributed by atoms with E-state index < -0.39 is 34.4 Å². The van der Waals surface area contributed by atoms with Crippen LogP contribution in [0.4, 0.5) is 0 Å². The molecule has 1 aliphatic heterocycles. The maximum atomic E-state index is 14.0. The fourth-order valence-electron chi connectivity index (χ4n) is 5.49. The Morgan fingerprint density at radius 2 is 1.56 bits per heavy atom. The Morgan fingerprint density at radius 1 is 0.902 bits per heavy atom. The molecule has 1 fully saturated rings. The van der Waals surface area contributed by atoms with Crippen molar-refractivity contribution in [2.45, 2.75) is 62.0 Å². The third-order valence-electron chi connectivity index (χ3n) is 7.68. The molecule has 1 aliphatic carbocycles. The van der Waals surface area contributed by atoms with E-state index in [2.05, 4.69) is 5.32 Å². The van der Waals surface area contributed by atoms with Crippen LogP contribution in [0.1, 0.15) is 53.6 Å². The van der Waals surface area contributed by atoms with E-state index in [0.29, 0.717) is 14.9 Å². The predicted octanol–water partition coefficient (Wildman–Crippen LogP) is 4.57. The van der Waals surface area contributed by atoms with Crippen LogP contribution in [0, 0.1) is 0 Å². The number of carbonyl (C=O) groups excluding carboxylic acids is 3. The van der Waals surface area contributed by atoms with Gasteiger partial charge in [0.15, 0.2) is 0 Å². The zero-order valence-corrected chi connectivity index (χ0v) is 24.1. The Labute approximate surface area is 245 Å². The van der Waals surface area contributed by atoms with E-state index in [-0.39, 0.29) is 35.4 Å². The number of sulfonamides is 1. The second kappa shape index (κ2) is 12.4. The zero-order valence-electron chi connectivity index (χ0n) is 22.5. The highest BCUT2D eigenvalue weighted by atomic mass is 35.5. The van der Waals surface area contributed by atoms with Crippen LogP contribution >= 0.6 is 11.6 Å². The zero-order chi connectivity index (χ0) is 29.0. The lowest BCUT2D eigenvalue weighted by molar-refractivity contribution is -0.141. The molecule has 0 saturated heterocycles. The fraction of sp³-hybridized carbons (Fsp3) is 0.323. The summed E-state index contributed by atoms with van der Waals surface area (Å²) in [5.41, 5.74) is 1.59. The first kappa shape index (κ1) is 28.8. The minimum atomic E-state index is -4.21. The van der Waals surface area contributed by atoms with Crippen LogP contribution < -0.4 is 5.32 Å². The van der Waals surface area contributed by atoms with Gasteiger partial charge >= 0.3 is 0 Å². The number of amides is 3. The van der Waals surface area contributed by atoms with Crippen LogP contribution in [-0.4, -0.2) is 54.0 Å². The van der Waals surface area contributed by atoms with Gasteiger partial charge in [0.1, 0.15) is 17.5 Å². The van der Waals surface area contributed by atoms with Gasteiger partial charge in [-0.15, -0.1) is 0 Å². The number of nitrogens with one attached hydrogen (secondary N) is 1. The maximum absolute atomic E-state index is 14.0. The van der Waals surface area contributed by atoms with Gasteiger partial charge in [-0.3, -0.25) is 14.4 Å². The minimum Gasteiger partial charge on any atom is -0.352 e. The molecule has 214 valence electrons. The van der Waals surface area contributed by atoms with Crippen molar-refractivity contribution in [3.8, 4) is 0 Å². The van der Waals surface area contributed by atoms with Gasteiger partial charge in [0, 0.05) is 24.0 Å². The molecule has 1 atom stereocenters. The van der Waals surface area contributed by atoms with Gasteiger partial charge in [-0.25, -0.2) is 12.7 Å². The average Bonchev–Trinajstić information content (AvgIpc) is 3.17. The number of hydrogen-bond donors (Lipinski definition) is 1. The molecule has 0 bridgehead atoms. The van der Waals surface area contributed by atoms with Gasteiger partial charge < -0.3 is 10.2 Å². The van der Waals surface area contributed by atoms with E-state index in [0.717, 1.165) is 37.7 Å². The fourth-order valence-corrected chi connectivity index (χ4v) is 7.13. The maximum Gasteiger partial charge on any atom is 0.269 e. The lowest BCUT2D eigenvalue weighted by Crippen LogP contribution is -2.55. The van der Waals surface area contributed by atoms with E-state index >= 15 is 0 Å². The number of nitrogens with zero attached hydrogens (tertiary/aromatic N) is 2. The lowest BCUT2D eigenvalue weighted by Gasteiger charge is -2.34. The molecular weight excluding hydrogens is 562 g/mol. The van der Waals surface area contributed by atoms with Crippen molar-refractivity contribution in [2.24, 2.45) is 0 Å². The molecule has 0 spiro atoms. The lowest BCUT2D eigenvalue weighted by atomic mass is 9.94. The van der Waals surface area contributed by atoms with Crippen molar-refractivity contribution in [1.82, 2.24) is 14.5 Å². The summed E-state index contributed by atoms with van der Waals surface area (Å²) in [7, 11) is -4.21. The summed E-state index contributed by atoms with van der Waals surface area (Å²) in [6.07, 6.45) is 5.14. The molecule has 1 heterocycles. The molecule has 0 unspecified atom stereocenters. The molecule has 2 aliphatic rings. The summed E-state index contributed by atoms with van der Waals surface area (Å²) in [4.78, 5) is 42.3. The SMILES string of the molecule is O=C(NC1CCCCC1)[C@H](Cc1ccccc1)N(Cc1ccc(Cl)cc1)C(=O)CN1C(=O)c2ccccc2S1(=O)=O. The molecule has 3 amide bonds. The normalized spacial score (nSPS) is 17.1. The van der Waals surface area contributed by atoms with Gasteiger partial charge in [0.25, 0.3) is 15.9 Å². The van der Waals surface area contributed by atoms with Gasteiger partial charge in [-0.2, -0.15) is 0 Å². The first-order valence-corrected chi connectivity index (χ1v) is 15.6. The van der Waals surface area contributed by atoms with E-state index in [1.807, 2.05) is 30.3 Å². The number of fused-ring (bicyclic) bond motifs is 1. The quantitative estimate of drug-likeness (QED) is 0.391. The van der Waals surface area contributed by atoms with Gasteiger partial charge in [0.2, 0.25) is 11.8 Å². The number of halogens is 1. The van der Waals surface area contributed by atoms with Crippen LogP contribution in [0.15, 0.2) is 83.8 Å². The molecular formula is C31H32ClN3O5S. The third-order valence-corrected chi connectivity index (χ3v) is 9.72. The first-order chi connectivity index (χ1) is 19.7. The summed E-state index contributed by atoms with van der Waals surface area (Å²) in [5.74, 6) is -1.71. The molecule has 5 rings (SSSR count). The molecule has 0 radical (unpaired) electrons. The smallest absolute Gasteiger partial charge is 0.269 e. The average molecular weight is 594 g/mol. The molecule has 8 nitrogen and oxygen atoms in total. The summed E-state index contributed by atoms with van der Waals surface area (Å²) >= 11 is 6.09. The number of benzene rings is 3. The van der Waals surface area contributed by atoms with Crippen LogP contribution in [0.25, 0.3) is 0 Å². The van der Waals surface area contributed by atoms with E-state index in [1.165, 1.54) is 23.1 Å². The van der Waals surface area contributed by atoms with Crippen molar-refractivity contribution in [2.75, 3.05) is 6.54 Å². The Balaban J connectivity index is 1.48. The molecule has 1 N–H and O–H groups in total. The van der Waals surface area contributed by atoms with Crippen molar-refractivity contribution in [3.05, 3.63) is 101 Å². The van der Waals surface area contributed by atoms with Crippen LogP contribution in [0.5, 0.6) is 0 Å². The van der Waals surface area contributed by atoms with Gasteiger partial charge in [-0.05, 0) is 48.2 Å². The molecule has 10 heteroatoms. The highest BCUT2D eigenvalue weighted by Gasteiger charge is 2.43. The van der Waals surface area contributed by atoms with Crippen LogP contribution in [0.2, 0.25) is 5.02 Å². The highest BCUT2D eigenvalue weighted by molar-refractivity contribution is 7.90. The second-order valence-corrected chi connectivity index (χ2v) is 12.8. The van der Waals surface area contributed by atoms with E-state index in [9.17, 15) is 22.8 Å². The van der Waals surface area contributed by atoms with Crippen molar-refractivity contribution < 1.29 is 22.8 Å². The van der Waals surface area contributed by atoms with Crippen molar-refractivity contribution in [3.63, 3.8) is 0 Å². The molecule has 3 aromatic rings. The number of carbonyl (C=O) groups is 3. The summed E-state index contributed by atoms with van der Waals surface area (Å²) in [5, 5.41) is 3.67. The largest absolute Gasteiger partial charge is 0.352 e. The standard InChI is InChI=1S/C31H32ClN3O5S/c32-24-17-15-23(16-18-24)20-34(29(36)21-35-31(38)26-13-7-8-14-28(26)41(35,39)40)27(19-22-9-3-1-4-10-22)30(37)33-25-11-5-2-6-12-25/h1,3-4,7-10,13-18,25,27H,2,5-6,11-12,19-21H2,(H,33,37)/t27-/m0/s1. The van der Waals surface area contributed by atoms with Crippen LogP contribution in [0.3, 0.4) is 0 Å². The monoisotopic (exact) mass is 593 g/mol. The number of hydrogen-bond acceptors (Lipinski definition) is 5. The Hall–Kier alpha value is -3.69. The molecule has 3 aromatic carbocycles. The molecule has 41 heavy (non-hydrogen) atoms. The summed E-state index contributed by atoms with van der Waals surface area (Å²) < 4.78 is 27.1. The van der Waals surface area contributed by atoms with E-state index in [4.69, 9.17) is 11.6 Å². The minimum absolute atomic E-state index is 0.0112. The molecule has 0 aromatic heterocycles. The summed E-state index contributed by atoms with van der Waals surface area (Å²) in [6, 6.07) is 21.3.